The first-order valence-corrected chi connectivity index (χ1v) is 5.58. The van der Waals surface area contributed by atoms with Crippen molar-refractivity contribution in [3.63, 3.8) is 0 Å². The standard InChI is InChI=1S/C8H10.C8H8/c2*1-2-8-6-4-3-5-7-8/h3-7H,2H2,1H3;2-7H,1H2. The highest BCUT2D eigenvalue weighted by atomic mass is 13.9. The number of hydrogen-bond acceptors (Lipinski definition) is 0. The molecule has 0 fully saturated rings. The molecule has 0 aliphatic heterocycles. The number of hydrogen-bond donors (Lipinski definition) is 0. The maximum Gasteiger partial charge on any atom is -0.0263 e. The van der Waals surface area contributed by atoms with E-state index in [-0.39, 0.29) is 0 Å². The van der Waals surface area contributed by atoms with Crippen molar-refractivity contribution in [1.29, 1.82) is 0 Å². The third kappa shape index (κ3) is 4.61. The maximum atomic E-state index is 3.63. The van der Waals surface area contributed by atoms with Crippen LogP contribution in [0.15, 0.2) is 67.2 Å². The van der Waals surface area contributed by atoms with Crippen molar-refractivity contribution in [3.8, 4) is 0 Å². The SMILES string of the molecule is C=Cc1ccccc1.CCc1ccccc1. The first-order chi connectivity index (χ1) is 7.86. The molecule has 0 nitrogen and oxygen atoms in total. The van der Waals surface area contributed by atoms with Crippen molar-refractivity contribution in [1.82, 2.24) is 0 Å². The lowest BCUT2D eigenvalue weighted by atomic mass is 10.2. The summed E-state index contributed by atoms with van der Waals surface area (Å²) < 4.78 is 0. The molecule has 0 aliphatic carbocycles. The molecule has 0 heterocycles. The number of aryl methyl sites for hydroxylation is 1. The molecule has 82 valence electrons. The van der Waals surface area contributed by atoms with Gasteiger partial charge in [0.1, 0.15) is 0 Å². The van der Waals surface area contributed by atoms with E-state index in [4.69, 9.17) is 0 Å². The molecule has 2 rings (SSSR count). The van der Waals surface area contributed by atoms with Crippen LogP contribution in [0.2, 0.25) is 0 Å². The highest BCUT2D eigenvalue weighted by molar-refractivity contribution is 5.45. The Morgan fingerprint density at radius 2 is 1.38 bits per heavy atom. The summed E-state index contributed by atoms with van der Waals surface area (Å²) in [4.78, 5) is 0. The predicted molar refractivity (Wildman–Crippen MR) is 72.4 cm³/mol. The summed E-state index contributed by atoms with van der Waals surface area (Å²) in [6.45, 7) is 5.79. The van der Waals surface area contributed by atoms with Gasteiger partial charge < -0.3 is 0 Å². The van der Waals surface area contributed by atoms with E-state index < -0.39 is 0 Å². The Kier molecular flexibility index (Phi) is 5.72. The van der Waals surface area contributed by atoms with E-state index in [1.165, 1.54) is 11.1 Å². The second-order valence-electron chi connectivity index (χ2n) is 3.45. The van der Waals surface area contributed by atoms with Gasteiger partial charge in [-0.05, 0) is 17.5 Å². The van der Waals surface area contributed by atoms with Gasteiger partial charge in [-0.3, -0.25) is 0 Å². The van der Waals surface area contributed by atoms with Crippen molar-refractivity contribution in [3.05, 3.63) is 78.4 Å². The molecule has 0 aromatic heterocycles. The molecule has 0 heteroatoms. The zero-order chi connectivity index (χ0) is 11.6. The first-order valence-electron chi connectivity index (χ1n) is 5.58. The maximum absolute atomic E-state index is 3.63. The Morgan fingerprint density at radius 3 is 1.69 bits per heavy atom. The van der Waals surface area contributed by atoms with Gasteiger partial charge in [-0.2, -0.15) is 0 Å². The van der Waals surface area contributed by atoms with Gasteiger partial charge in [0.15, 0.2) is 0 Å². The van der Waals surface area contributed by atoms with Crippen LogP contribution in [0, 0.1) is 0 Å². The van der Waals surface area contributed by atoms with Crippen molar-refractivity contribution < 1.29 is 0 Å². The molecular weight excluding hydrogens is 192 g/mol. The lowest BCUT2D eigenvalue weighted by Crippen LogP contribution is -1.73. The quantitative estimate of drug-likeness (QED) is 0.680. The van der Waals surface area contributed by atoms with Gasteiger partial charge in [0.2, 0.25) is 0 Å². The van der Waals surface area contributed by atoms with Crippen LogP contribution in [0.5, 0.6) is 0 Å². The summed E-state index contributed by atoms with van der Waals surface area (Å²) in [5.41, 5.74) is 2.58. The zero-order valence-electron chi connectivity index (χ0n) is 9.77. The summed E-state index contributed by atoms with van der Waals surface area (Å²) in [5, 5.41) is 0. The predicted octanol–water partition coefficient (Wildman–Crippen LogP) is 4.58. The molecule has 2 aromatic carbocycles. The van der Waals surface area contributed by atoms with Crippen molar-refractivity contribution in [2.45, 2.75) is 13.3 Å². The van der Waals surface area contributed by atoms with Gasteiger partial charge >= 0.3 is 0 Å². The van der Waals surface area contributed by atoms with E-state index >= 15 is 0 Å². The van der Waals surface area contributed by atoms with Crippen molar-refractivity contribution in [2.24, 2.45) is 0 Å². The largest absolute Gasteiger partial charge is 0.0985 e. The van der Waals surface area contributed by atoms with Crippen LogP contribution in [0.25, 0.3) is 6.08 Å². The molecule has 16 heavy (non-hydrogen) atoms. The molecule has 0 aliphatic rings. The van der Waals surface area contributed by atoms with Crippen LogP contribution in [0.1, 0.15) is 18.1 Å². The molecule has 0 saturated carbocycles. The van der Waals surface area contributed by atoms with E-state index in [2.05, 4.69) is 37.8 Å². The second kappa shape index (κ2) is 7.47. The smallest absolute Gasteiger partial charge is 0.0263 e. The molecule has 0 atom stereocenters. The number of benzene rings is 2. The summed E-state index contributed by atoms with van der Waals surface area (Å²) >= 11 is 0. The van der Waals surface area contributed by atoms with Crippen LogP contribution in [0.4, 0.5) is 0 Å². The van der Waals surface area contributed by atoms with Crippen LogP contribution >= 0.6 is 0 Å². The summed E-state index contributed by atoms with van der Waals surface area (Å²) in [7, 11) is 0. The minimum Gasteiger partial charge on any atom is -0.0985 e. The molecular formula is C16H18. The van der Waals surface area contributed by atoms with Crippen molar-refractivity contribution >= 4 is 6.08 Å². The van der Waals surface area contributed by atoms with Gasteiger partial charge in [0.25, 0.3) is 0 Å². The Labute approximate surface area is 98.3 Å². The van der Waals surface area contributed by atoms with Crippen LogP contribution in [-0.2, 0) is 6.42 Å². The van der Waals surface area contributed by atoms with Crippen LogP contribution < -0.4 is 0 Å². The van der Waals surface area contributed by atoms with Crippen LogP contribution in [-0.4, -0.2) is 0 Å². The molecule has 0 N–H and O–H groups in total. The van der Waals surface area contributed by atoms with E-state index in [0.29, 0.717) is 0 Å². The first kappa shape index (κ1) is 12.3. The number of rotatable bonds is 2. The third-order valence-corrected chi connectivity index (χ3v) is 2.29. The molecule has 0 bridgehead atoms. The summed E-state index contributed by atoms with van der Waals surface area (Å²) in [6, 6.07) is 20.5. The Balaban J connectivity index is 0.000000160. The van der Waals surface area contributed by atoms with E-state index in [9.17, 15) is 0 Å². The monoisotopic (exact) mass is 210 g/mol. The lowest BCUT2D eigenvalue weighted by molar-refractivity contribution is 1.14. The van der Waals surface area contributed by atoms with E-state index in [0.717, 1.165) is 6.42 Å². The Hall–Kier alpha value is -1.82. The topological polar surface area (TPSA) is 0 Å². The third-order valence-electron chi connectivity index (χ3n) is 2.29. The molecule has 0 amide bonds. The average Bonchev–Trinajstić information content (AvgIpc) is 2.41. The minimum atomic E-state index is 1.14. The summed E-state index contributed by atoms with van der Waals surface area (Å²) in [5.74, 6) is 0. The normalized spacial score (nSPS) is 8.81. The van der Waals surface area contributed by atoms with Gasteiger partial charge in [-0.25, -0.2) is 0 Å². The van der Waals surface area contributed by atoms with Crippen LogP contribution in [0.3, 0.4) is 0 Å². The highest BCUT2D eigenvalue weighted by Crippen LogP contribution is 1.97. The Bertz CT molecular complexity index is 387. The molecule has 2 aromatic rings. The molecule has 0 saturated heterocycles. The molecule has 0 radical (unpaired) electrons. The van der Waals surface area contributed by atoms with Gasteiger partial charge in [0.05, 0.1) is 0 Å². The second-order valence-corrected chi connectivity index (χ2v) is 3.45. The highest BCUT2D eigenvalue weighted by Gasteiger charge is 1.80. The Morgan fingerprint density at radius 1 is 0.875 bits per heavy atom. The summed E-state index contributed by atoms with van der Waals surface area (Å²) in [6.07, 6.45) is 2.97. The van der Waals surface area contributed by atoms with E-state index in [1.807, 2.05) is 42.5 Å². The van der Waals surface area contributed by atoms with Crippen molar-refractivity contribution in [2.75, 3.05) is 0 Å². The van der Waals surface area contributed by atoms with E-state index in [1.54, 1.807) is 0 Å². The molecule has 0 unspecified atom stereocenters. The fraction of sp³-hybridized carbons (Fsp3) is 0.125. The lowest BCUT2D eigenvalue weighted by Gasteiger charge is -1.89. The van der Waals surface area contributed by atoms with Gasteiger partial charge in [0, 0.05) is 0 Å². The fourth-order valence-corrected chi connectivity index (χ4v) is 1.30. The molecule has 0 spiro atoms. The van der Waals surface area contributed by atoms with Gasteiger partial charge in [-0.15, -0.1) is 0 Å². The fourth-order valence-electron chi connectivity index (χ4n) is 1.30. The minimum absolute atomic E-state index is 1.14. The average molecular weight is 210 g/mol. The zero-order valence-corrected chi connectivity index (χ0v) is 9.77. The van der Waals surface area contributed by atoms with Gasteiger partial charge in [-0.1, -0.05) is 80.2 Å².